The van der Waals surface area contributed by atoms with Gasteiger partial charge < -0.3 is 9.64 Å². The molecule has 0 amide bonds. The molecule has 0 aromatic heterocycles. The van der Waals surface area contributed by atoms with E-state index in [0.717, 1.165) is 13.2 Å². The van der Waals surface area contributed by atoms with Gasteiger partial charge >= 0.3 is 0 Å². The molecule has 2 aliphatic heterocycles. The number of ether oxygens (including phenoxy) is 1. The fourth-order valence-corrected chi connectivity index (χ4v) is 1.81. The van der Waals surface area contributed by atoms with Crippen LogP contribution in [0.4, 0.5) is 0 Å². The minimum Gasteiger partial charge on any atom is -0.369 e. The Kier molecular flexibility index (Phi) is 1.90. The second kappa shape index (κ2) is 2.76. The van der Waals surface area contributed by atoms with Crippen LogP contribution in [-0.2, 0) is 4.74 Å². The van der Waals surface area contributed by atoms with Crippen molar-refractivity contribution in [3.8, 4) is 0 Å². The highest BCUT2D eigenvalue weighted by atomic mass is 16.6. The lowest BCUT2D eigenvalue weighted by Crippen LogP contribution is -2.36. The van der Waals surface area contributed by atoms with Crippen LogP contribution >= 0.6 is 0 Å². The van der Waals surface area contributed by atoms with Crippen molar-refractivity contribution in [1.82, 2.24) is 4.90 Å². The molecule has 2 rings (SSSR count). The van der Waals surface area contributed by atoms with Gasteiger partial charge in [0.05, 0.1) is 6.61 Å². The average molecular weight is 155 g/mol. The summed E-state index contributed by atoms with van der Waals surface area (Å²) in [5.41, 5.74) is 0.233. The zero-order valence-electron chi connectivity index (χ0n) is 7.31. The van der Waals surface area contributed by atoms with Crippen molar-refractivity contribution >= 4 is 0 Å². The summed E-state index contributed by atoms with van der Waals surface area (Å²) in [6.45, 7) is 6.93. The maximum Gasteiger partial charge on any atom is 0.101 e. The molecule has 1 atom stereocenters. The Morgan fingerprint density at radius 2 is 1.91 bits per heavy atom. The highest BCUT2D eigenvalue weighted by Gasteiger charge is 2.40. The zero-order chi connectivity index (χ0) is 7.73. The SMILES string of the molecule is C[C@]1(CN2CCCCC2)CO1. The number of nitrogens with zero attached hydrogens (tertiary/aromatic N) is 1. The molecule has 0 N–H and O–H groups in total. The molecule has 0 saturated carbocycles. The predicted molar refractivity (Wildman–Crippen MR) is 44.6 cm³/mol. The molecule has 2 saturated heterocycles. The summed E-state index contributed by atoms with van der Waals surface area (Å²) in [5, 5.41) is 0. The molecule has 2 heterocycles. The molecule has 2 fully saturated rings. The van der Waals surface area contributed by atoms with Gasteiger partial charge in [-0.15, -0.1) is 0 Å². The van der Waals surface area contributed by atoms with E-state index in [0.29, 0.717) is 0 Å². The van der Waals surface area contributed by atoms with Gasteiger partial charge in [-0.05, 0) is 32.9 Å². The quantitative estimate of drug-likeness (QED) is 0.558. The molecule has 2 heteroatoms. The molecule has 0 unspecified atom stereocenters. The van der Waals surface area contributed by atoms with Crippen LogP contribution in [-0.4, -0.2) is 36.7 Å². The summed E-state index contributed by atoms with van der Waals surface area (Å²) in [6, 6.07) is 0. The van der Waals surface area contributed by atoms with Crippen LogP contribution in [0.15, 0.2) is 0 Å². The van der Waals surface area contributed by atoms with Crippen LogP contribution in [0.25, 0.3) is 0 Å². The molecule has 0 aromatic carbocycles. The van der Waals surface area contributed by atoms with E-state index in [9.17, 15) is 0 Å². The van der Waals surface area contributed by atoms with E-state index < -0.39 is 0 Å². The Labute approximate surface area is 68.5 Å². The van der Waals surface area contributed by atoms with Gasteiger partial charge in [0, 0.05) is 6.54 Å². The second-order valence-corrected chi connectivity index (χ2v) is 4.08. The first-order valence-electron chi connectivity index (χ1n) is 4.65. The van der Waals surface area contributed by atoms with E-state index in [2.05, 4.69) is 11.8 Å². The summed E-state index contributed by atoms with van der Waals surface area (Å²) in [4.78, 5) is 2.54. The summed E-state index contributed by atoms with van der Waals surface area (Å²) in [7, 11) is 0. The van der Waals surface area contributed by atoms with Crippen LogP contribution < -0.4 is 0 Å². The summed E-state index contributed by atoms with van der Waals surface area (Å²) in [5.74, 6) is 0. The van der Waals surface area contributed by atoms with Crippen LogP contribution in [0, 0.1) is 0 Å². The largest absolute Gasteiger partial charge is 0.369 e. The number of epoxide rings is 1. The topological polar surface area (TPSA) is 15.8 Å². The molecule has 11 heavy (non-hydrogen) atoms. The van der Waals surface area contributed by atoms with E-state index in [-0.39, 0.29) is 5.60 Å². The molecular weight excluding hydrogens is 138 g/mol. The second-order valence-electron chi connectivity index (χ2n) is 4.08. The van der Waals surface area contributed by atoms with Crippen molar-refractivity contribution in [2.45, 2.75) is 31.8 Å². The molecular formula is C9H17NO. The monoisotopic (exact) mass is 155 g/mol. The van der Waals surface area contributed by atoms with E-state index in [4.69, 9.17) is 4.74 Å². The Hall–Kier alpha value is -0.0800. The maximum atomic E-state index is 5.36. The van der Waals surface area contributed by atoms with E-state index in [1.165, 1.54) is 32.4 Å². The fourth-order valence-electron chi connectivity index (χ4n) is 1.81. The Morgan fingerprint density at radius 3 is 2.45 bits per heavy atom. The highest BCUT2D eigenvalue weighted by Crippen LogP contribution is 2.27. The van der Waals surface area contributed by atoms with Gasteiger partial charge in [0.1, 0.15) is 5.60 Å². The summed E-state index contributed by atoms with van der Waals surface area (Å²) >= 11 is 0. The third-order valence-electron chi connectivity index (χ3n) is 2.64. The van der Waals surface area contributed by atoms with Gasteiger partial charge in [0.15, 0.2) is 0 Å². The first kappa shape index (κ1) is 7.56. The fraction of sp³-hybridized carbons (Fsp3) is 1.00. The number of likely N-dealkylation sites (tertiary alicyclic amines) is 1. The van der Waals surface area contributed by atoms with Crippen molar-refractivity contribution in [3.05, 3.63) is 0 Å². The third kappa shape index (κ3) is 1.94. The van der Waals surface area contributed by atoms with E-state index >= 15 is 0 Å². The molecule has 2 nitrogen and oxygen atoms in total. The van der Waals surface area contributed by atoms with Gasteiger partial charge in [0.25, 0.3) is 0 Å². The minimum atomic E-state index is 0.233. The van der Waals surface area contributed by atoms with Gasteiger partial charge in [-0.25, -0.2) is 0 Å². The normalized spacial score (nSPS) is 39.0. The van der Waals surface area contributed by atoms with E-state index in [1.807, 2.05) is 0 Å². The van der Waals surface area contributed by atoms with E-state index in [1.54, 1.807) is 0 Å². The van der Waals surface area contributed by atoms with Crippen molar-refractivity contribution in [2.75, 3.05) is 26.2 Å². The highest BCUT2D eigenvalue weighted by molar-refractivity contribution is 4.90. The van der Waals surface area contributed by atoms with Gasteiger partial charge in [-0.2, -0.15) is 0 Å². The molecule has 0 bridgehead atoms. The number of rotatable bonds is 2. The Morgan fingerprint density at radius 1 is 1.27 bits per heavy atom. The van der Waals surface area contributed by atoms with Crippen LogP contribution in [0.1, 0.15) is 26.2 Å². The molecule has 0 spiro atoms. The number of hydrogen-bond donors (Lipinski definition) is 0. The number of piperidine rings is 1. The molecule has 0 aromatic rings. The lowest BCUT2D eigenvalue weighted by Gasteiger charge is -2.27. The van der Waals surface area contributed by atoms with Crippen molar-refractivity contribution < 1.29 is 4.74 Å². The van der Waals surface area contributed by atoms with Crippen LogP contribution in [0.3, 0.4) is 0 Å². The number of hydrogen-bond acceptors (Lipinski definition) is 2. The smallest absolute Gasteiger partial charge is 0.101 e. The Balaban J connectivity index is 1.76. The van der Waals surface area contributed by atoms with Crippen LogP contribution in [0.2, 0.25) is 0 Å². The van der Waals surface area contributed by atoms with Crippen molar-refractivity contribution in [2.24, 2.45) is 0 Å². The molecule has 0 radical (unpaired) electrons. The van der Waals surface area contributed by atoms with Crippen molar-refractivity contribution in [1.29, 1.82) is 0 Å². The van der Waals surface area contributed by atoms with Crippen molar-refractivity contribution in [3.63, 3.8) is 0 Å². The maximum absolute atomic E-state index is 5.36. The summed E-state index contributed by atoms with van der Waals surface area (Å²) < 4.78 is 5.36. The Bertz CT molecular complexity index is 136. The lowest BCUT2D eigenvalue weighted by molar-refractivity contribution is 0.171. The zero-order valence-corrected chi connectivity index (χ0v) is 7.31. The first-order valence-corrected chi connectivity index (χ1v) is 4.65. The third-order valence-corrected chi connectivity index (χ3v) is 2.64. The minimum absolute atomic E-state index is 0.233. The summed E-state index contributed by atoms with van der Waals surface area (Å²) in [6.07, 6.45) is 4.19. The van der Waals surface area contributed by atoms with Gasteiger partial charge in [0.2, 0.25) is 0 Å². The lowest BCUT2D eigenvalue weighted by atomic mass is 10.1. The molecule has 2 aliphatic rings. The average Bonchev–Trinajstić information content (AvgIpc) is 2.70. The predicted octanol–water partition coefficient (Wildman–Crippen LogP) is 1.26. The standard InChI is InChI=1S/C9H17NO/c1-9(8-11-9)7-10-5-3-2-4-6-10/h2-8H2,1H3/t9-/m0/s1. The van der Waals surface area contributed by atoms with Gasteiger partial charge in [-0.3, -0.25) is 0 Å². The van der Waals surface area contributed by atoms with Gasteiger partial charge in [-0.1, -0.05) is 6.42 Å². The van der Waals surface area contributed by atoms with Crippen LogP contribution in [0.5, 0.6) is 0 Å². The first-order chi connectivity index (χ1) is 5.29. The molecule has 0 aliphatic carbocycles. The molecule has 64 valence electrons.